The Morgan fingerprint density at radius 2 is 1.96 bits per heavy atom. The molecule has 7 heteroatoms. The highest BCUT2D eigenvalue weighted by Gasteiger charge is 2.22. The third kappa shape index (κ3) is 3.61. The minimum absolute atomic E-state index is 0.168. The van der Waals surface area contributed by atoms with Crippen LogP contribution in [0.15, 0.2) is 58.2 Å². The van der Waals surface area contributed by atoms with Gasteiger partial charge in [-0.05, 0) is 35.3 Å². The highest BCUT2D eigenvalue weighted by Crippen LogP contribution is 2.18. The van der Waals surface area contributed by atoms with Crippen molar-refractivity contribution in [2.45, 2.75) is 26.4 Å². The maximum Gasteiger partial charge on any atom is 0.348 e. The molecule has 2 heterocycles. The van der Waals surface area contributed by atoms with Crippen LogP contribution in [-0.2, 0) is 6.54 Å². The van der Waals surface area contributed by atoms with E-state index in [1.807, 2.05) is 37.3 Å². The number of rotatable bonds is 5. The second-order valence-corrected chi connectivity index (χ2v) is 6.70. The van der Waals surface area contributed by atoms with Gasteiger partial charge in [0.2, 0.25) is 0 Å². The molecule has 25 heavy (non-hydrogen) atoms. The average Bonchev–Trinajstić information content (AvgIpc) is 2.97. The van der Waals surface area contributed by atoms with Gasteiger partial charge in [-0.3, -0.25) is 14.0 Å². The van der Waals surface area contributed by atoms with Gasteiger partial charge in [-0.2, -0.15) is 5.10 Å². The van der Waals surface area contributed by atoms with Crippen molar-refractivity contribution in [2.24, 2.45) is 0 Å². The van der Waals surface area contributed by atoms with Crippen molar-refractivity contribution in [3.8, 4) is 0 Å². The van der Waals surface area contributed by atoms with Gasteiger partial charge in [-0.1, -0.05) is 30.3 Å². The fraction of sp³-hybridized carbons (Fsp3) is 0.222. The third-order valence-corrected chi connectivity index (χ3v) is 4.53. The summed E-state index contributed by atoms with van der Waals surface area (Å²) in [6, 6.07) is 9.25. The third-order valence-electron chi connectivity index (χ3n) is 4.12. The Hall–Kier alpha value is -2.54. The number of aromatic nitrogens is 4. The topological polar surface area (TPSA) is 69.8 Å². The van der Waals surface area contributed by atoms with Gasteiger partial charge in [0, 0.05) is 18.1 Å². The molecule has 0 aliphatic rings. The number of carbonyl (C=O) groups is 1. The van der Waals surface area contributed by atoms with E-state index in [0.717, 1.165) is 11.3 Å². The summed E-state index contributed by atoms with van der Waals surface area (Å²) in [5, 5.41) is 4.33. The lowest BCUT2D eigenvalue weighted by Gasteiger charge is -2.13. The van der Waals surface area contributed by atoms with Gasteiger partial charge in [-0.15, -0.1) is 0 Å². The molecule has 1 unspecified atom stereocenters. The summed E-state index contributed by atoms with van der Waals surface area (Å²) in [5.74, 6) is -0.168. The Bertz CT molecular complexity index is 963. The first-order chi connectivity index (χ1) is 12.0. The summed E-state index contributed by atoms with van der Waals surface area (Å²) in [5.41, 5.74) is 1.93. The van der Waals surface area contributed by atoms with E-state index < -0.39 is 11.7 Å². The van der Waals surface area contributed by atoms with Crippen molar-refractivity contribution >= 4 is 21.7 Å². The predicted molar refractivity (Wildman–Crippen MR) is 97.7 cm³/mol. The van der Waals surface area contributed by atoms with Crippen molar-refractivity contribution in [1.82, 2.24) is 19.3 Å². The largest absolute Gasteiger partial charge is 0.348 e. The molecular formula is C18H17BrN4O2. The smallest absolute Gasteiger partial charge is 0.292 e. The molecule has 0 saturated heterocycles. The molecule has 0 amide bonds. The summed E-state index contributed by atoms with van der Waals surface area (Å²) in [7, 11) is 0. The highest BCUT2D eigenvalue weighted by atomic mass is 79.9. The normalized spacial score (nSPS) is 12.1. The van der Waals surface area contributed by atoms with E-state index in [4.69, 9.17) is 0 Å². The molecule has 0 saturated carbocycles. The first kappa shape index (κ1) is 17.3. The number of nitrogens with zero attached hydrogens (tertiary/aromatic N) is 4. The molecule has 3 aromatic rings. The molecule has 3 rings (SSSR count). The maximum absolute atomic E-state index is 12.8. The summed E-state index contributed by atoms with van der Waals surface area (Å²) in [4.78, 5) is 28.5. The molecule has 1 atom stereocenters. The number of Topliss-reactive ketones (excluding diaryl/α,β-unsaturated/α-hetero) is 1. The standard InChI is InChI=1S/C18H17BrN4O2/c1-12-16(9-21-23(12)10-14-6-4-3-5-7-14)17(24)13(2)22-11-15(19)8-20-18(22)25/h3-9,11,13H,10H2,1-2H3. The van der Waals surface area contributed by atoms with E-state index in [2.05, 4.69) is 26.0 Å². The van der Waals surface area contributed by atoms with Crippen molar-refractivity contribution in [2.75, 3.05) is 0 Å². The average molecular weight is 401 g/mol. The van der Waals surface area contributed by atoms with Gasteiger partial charge in [-0.25, -0.2) is 9.78 Å². The molecule has 0 aliphatic carbocycles. The molecule has 0 N–H and O–H groups in total. The zero-order valence-corrected chi connectivity index (χ0v) is 15.5. The maximum atomic E-state index is 12.8. The van der Waals surface area contributed by atoms with E-state index in [1.54, 1.807) is 24.0 Å². The van der Waals surface area contributed by atoms with Crippen molar-refractivity contribution in [3.05, 3.63) is 80.7 Å². The van der Waals surface area contributed by atoms with Crippen LogP contribution >= 0.6 is 15.9 Å². The van der Waals surface area contributed by atoms with Gasteiger partial charge in [0.05, 0.1) is 28.8 Å². The van der Waals surface area contributed by atoms with Crippen LogP contribution in [0.4, 0.5) is 0 Å². The number of carbonyl (C=O) groups excluding carboxylic acids is 1. The molecule has 6 nitrogen and oxygen atoms in total. The Morgan fingerprint density at radius 3 is 2.68 bits per heavy atom. The van der Waals surface area contributed by atoms with Gasteiger partial charge in [0.25, 0.3) is 0 Å². The molecule has 0 fully saturated rings. The van der Waals surface area contributed by atoms with Gasteiger partial charge >= 0.3 is 5.69 Å². The highest BCUT2D eigenvalue weighted by molar-refractivity contribution is 9.10. The van der Waals surface area contributed by atoms with Crippen LogP contribution in [0.25, 0.3) is 0 Å². The van der Waals surface area contributed by atoms with Gasteiger partial charge in [0.15, 0.2) is 5.78 Å². The van der Waals surface area contributed by atoms with Crippen LogP contribution < -0.4 is 5.69 Å². The first-order valence-electron chi connectivity index (χ1n) is 7.81. The Morgan fingerprint density at radius 1 is 1.24 bits per heavy atom. The summed E-state index contributed by atoms with van der Waals surface area (Å²) in [6.45, 7) is 4.14. The number of hydrogen-bond donors (Lipinski definition) is 0. The summed E-state index contributed by atoms with van der Waals surface area (Å²) >= 11 is 3.28. The second-order valence-electron chi connectivity index (χ2n) is 5.79. The van der Waals surface area contributed by atoms with E-state index in [9.17, 15) is 9.59 Å². The van der Waals surface area contributed by atoms with E-state index in [0.29, 0.717) is 16.6 Å². The van der Waals surface area contributed by atoms with Crippen LogP contribution in [0.3, 0.4) is 0 Å². The van der Waals surface area contributed by atoms with Gasteiger partial charge in [0.1, 0.15) is 0 Å². The van der Waals surface area contributed by atoms with Crippen molar-refractivity contribution in [1.29, 1.82) is 0 Å². The van der Waals surface area contributed by atoms with Crippen molar-refractivity contribution < 1.29 is 4.79 Å². The molecule has 1 aromatic carbocycles. The van der Waals surface area contributed by atoms with Crippen LogP contribution in [-0.4, -0.2) is 25.1 Å². The lowest BCUT2D eigenvalue weighted by molar-refractivity contribution is 0.0931. The van der Waals surface area contributed by atoms with Crippen LogP contribution in [0.2, 0.25) is 0 Å². The molecular weight excluding hydrogens is 384 g/mol. The quantitative estimate of drug-likeness (QED) is 0.617. The zero-order valence-electron chi connectivity index (χ0n) is 13.9. The first-order valence-corrected chi connectivity index (χ1v) is 8.61. The van der Waals surface area contributed by atoms with Gasteiger partial charge < -0.3 is 0 Å². The summed E-state index contributed by atoms with van der Waals surface area (Å²) < 4.78 is 3.75. The Kier molecular flexibility index (Phi) is 4.94. The van der Waals surface area contributed by atoms with Crippen LogP contribution in [0.1, 0.15) is 34.6 Å². The fourth-order valence-corrected chi connectivity index (χ4v) is 2.96. The molecule has 2 aromatic heterocycles. The zero-order chi connectivity index (χ0) is 18.0. The summed E-state index contributed by atoms with van der Waals surface area (Å²) in [6.07, 6.45) is 4.55. The number of hydrogen-bond acceptors (Lipinski definition) is 4. The lowest BCUT2D eigenvalue weighted by Crippen LogP contribution is -2.29. The van der Waals surface area contributed by atoms with E-state index in [1.165, 1.54) is 10.8 Å². The van der Waals surface area contributed by atoms with Crippen LogP contribution in [0, 0.1) is 6.92 Å². The minimum atomic E-state index is -0.662. The lowest BCUT2D eigenvalue weighted by atomic mass is 10.1. The second kappa shape index (κ2) is 7.14. The minimum Gasteiger partial charge on any atom is -0.292 e. The molecule has 0 radical (unpaired) electrons. The number of ketones is 1. The molecule has 0 bridgehead atoms. The van der Waals surface area contributed by atoms with Crippen LogP contribution in [0.5, 0.6) is 0 Å². The van der Waals surface area contributed by atoms with E-state index in [-0.39, 0.29) is 5.78 Å². The molecule has 128 valence electrons. The number of halogens is 1. The SMILES string of the molecule is Cc1c(C(=O)C(C)n2cc(Br)cnc2=O)cnn1Cc1ccccc1. The monoisotopic (exact) mass is 400 g/mol. The Balaban J connectivity index is 1.88. The molecule has 0 spiro atoms. The number of benzene rings is 1. The Labute approximate surface area is 153 Å². The van der Waals surface area contributed by atoms with E-state index >= 15 is 0 Å². The fourth-order valence-electron chi connectivity index (χ4n) is 2.64. The predicted octanol–water partition coefficient (Wildman–Crippen LogP) is 3.00. The van der Waals surface area contributed by atoms with Crippen molar-refractivity contribution in [3.63, 3.8) is 0 Å². The molecule has 0 aliphatic heterocycles.